The van der Waals surface area contributed by atoms with Crippen LogP contribution in [0.4, 0.5) is 0 Å². The van der Waals surface area contributed by atoms with Crippen LogP contribution in [0.15, 0.2) is 0 Å². The van der Waals surface area contributed by atoms with Gasteiger partial charge in [-0.05, 0) is 32.9 Å². The molecule has 0 aromatic carbocycles. The lowest BCUT2D eigenvalue weighted by Gasteiger charge is -2.26. The lowest BCUT2D eigenvalue weighted by atomic mass is 10.0. The zero-order valence-electron chi connectivity index (χ0n) is 12.7. The normalized spacial score (nSPS) is 16.9. The molecule has 1 aliphatic heterocycles. The highest BCUT2D eigenvalue weighted by Crippen LogP contribution is 2.14. The van der Waals surface area contributed by atoms with Gasteiger partial charge in [-0.25, -0.2) is 0 Å². The average Bonchev–Trinajstić information content (AvgIpc) is 2.77. The van der Waals surface area contributed by atoms with Crippen LogP contribution in [-0.4, -0.2) is 46.3 Å². The zero-order chi connectivity index (χ0) is 13.8. The number of nitrogens with one attached hydrogen (secondary N) is 1. The molecule has 19 heavy (non-hydrogen) atoms. The van der Waals surface area contributed by atoms with Crippen LogP contribution in [0.25, 0.3) is 0 Å². The molecular formula is C14H27N5. The van der Waals surface area contributed by atoms with E-state index in [1.165, 1.54) is 12.8 Å². The van der Waals surface area contributed by atoms with E-state index < -0.39 is 0 Å². The van der Waals surface area contributed by atoms with Gasteiger partial charge in [0.25, 0.3) is 0 Å². The van der Waals surface area contributed by atoms with Crippen molar-refractivity contribution in [3.63, 3.8) is 0 Å². The maximum atomic E-state index is 4.35. The minimum atomic E-state index is 0.492. The van der Waals surface area contributed by atoms with Crippen LogP contribution < -0.4 is 5.32 Å². The molecule has 2 heterocycles. The van der Waals surface area contributed by atoms with Gasteiger partial charge in [-0.3, -0.25) is 0 Å². The first-order valence-corrected chi connectivity index (χ1v) is 7.37. The third-order valence-corrected chi connectivity index (χ3v) is 3.83. The predicted molar refractivity (Wildman–Crippen MR) is 77.0 cm³/mol. The van der Waals surface area contributed by atoms with Crippen LogP contribution in [-0.2, 0) is 19.5 Å². The van der Waals surface area contributed by atoms with Crippen LogP contribution in [0.1, 0.15) is 38.3 Å². The fourth-order valence-electron chi connectivity index (χ4n) is 2.63. The number of nitrogens with zero attached hydrogens (tertiary/aromatic N) is 4. The Kier molecular flexibility index (Phi) is 4.93. The molecule has 0 saturated carbocycles. The Morgan fingerprint density at radius 1 is 1.26 bits per heavy atom. The van der Waals surface area contributed by atoms with Crippen LogP contribution in [0.5, 0.6) is 0 Å². The van der Waals surface area contributed by atoms with Gasteiger partial charge in [-0.2, -0.15) is 0 Å². The maximum absolute atomic E-state index is 4.35. The highest BCUT2D eigenvalue weighted by molar-refractivity contribution is 4.99. The molecule has 2 rings (SSSR count). The lowest BCUT2D eigenvalue weighted by molar-refractivity contribution is 0.285. The Morgan fingerprint density at radius 2 is 2.05 bits per heavy atom. The molecule has 0 amide bonds. The van der Waals surface area contributed by atoms with Gasteiger partial charge in [-0.15, -0.1) is 10.2 Å². The van der Waals surface area contributed by atoms with Crippen molar-refractivity contribution >= 4 is 0 Å². The van der Waals surface area contributed by atoms with Gasteiger partial charge >= 0.3 is 0 Å². The van der Waals surface area contributed by atoms with Crippen molar-refractivity contribution in [1.82, 2.24) is 25.0 Å². The van der Waals surface area contributed by atoms with Gasteiger partial charge in [0.2, 0.25) is 0 Å². The second kappa shape index (κ2) is 6.48. The zero-order valence-corrected chi connectivity index (χ0v) is 12.7. The molecule has 0 radical (unpaired) electrons. The summed E-state index contributed by atoms with van der Waals surface area (Å²) < 4.78 is 2.30. The molecule has 1 aliphatic rings. The van der Waals surface area contributed by atoms with Crippen molar-refractivity contribution in [2.45, 2.75) is 52.2 Å². The Hall–Kier alpha value is -0.940. The number of likely N-dealkylation sites (N-methyl/N-ethyl adjacent to an activating group) is 1. The molecule has 0 aliphatic carbocycles. The number of rotatable bonds is 6. The van der Waals surface area contributed by atoms with E-state index in [9.17, 15) is 0 Å². The molecule has 1 unspecified atom stereocenters. The Labute approximate surface area is 116 Å². The van der Waals surface area contributed by atoms with Crippen LogP contribution >= 0.6 is 0 Å². The number of aryl methyl sites for hydroxylation is 1. The minimum absolute atomic E-state index is 0.492. The highest BCUT2D eigenvalue weighted by Gasteiger charge is 2.18. The van der Waals surface area contributed by atoms with E-state index in [0.717, 1.165) is 37.7 Å². The summed E-state index contributed by atoms with van der Waals surface area (Å²) in [5.74, 6) is 2.88. The van der Waals surface area contributed by atoms with E-state index in [0.29, 0.717) is 12.0 Å². The summed E-state index contributed by atoms with van der Waals surface area (Å²) in [4.78, 5) is 2.23. The SMILES string of the molecule is CC(C)C(CN(C)C)NCc1nnc2n1CCCC2. The van der Waals surface area contributed by atoms with Crippen LogP contribution in [0.3, 0.4) is 0 Å². The van der Waals surface area contributed by atoms with E-state index >= 15 is 0 Å². The summed E-state index contributed by atoms with van der Waals surface area (Å²) in [6.45, 7) is 7.49. The molecule has 0 spiro atoms. The Bertz CT molecular complexity index is 397. The largest absolute Gasteiger partial charge is 0.314 e. The van der Waals surface area contributed by atoms with Crippen molar-refractivity contribution < 1.29 is 0 Å². The maximum Gasteiger partial charge on any atom is 0.147 e. The van der Waals surface area contributed by atoms with Gasteiger partial charge in [-0.1, -0.05) is 13.8 Å². The van der Waals surface area contributed by atoms with Crippen molar-refractivity contribution in [3.8, 4) is 0 Å². The monoisotopic (exact) mass is 265 g/mol. The van der Waals surface area contributed by atoms with Gasteiger partial charge in [0.15, 0.2) is 0 Å². The van der Waals surface area contributed by atoms with Crippen molar-refractivity contribution in [2.24, 2.45) is 5.92 Å². The number of aromatic nitrogens is 3. The summed E-state index contributed by atoms with van der Waals surface area (Å²) >= 11 is 0. The van der Waals surface area contributed by atoms with Crippen LogP contribution in [0, 0.1) is 5.92 Å². The molecule has 1 atom stereocenters. The molecule has 1 aromatic rings. The second-order valence-electron chi connectivity index (χ2n) is 6.13. The fraction of sp³-hybridized carbons (Fsp3) is 0.857. The molecule has 1 N–H and O–H groups in total. The van der Waals surface area contributed by atoms with Crippen molar-refractivity contribution in [1.29, 1.82) is 0 Å². The standard InChI is InChI=1S/C14H27N5/c1-11(2)12(10-18(3)4)15-9-14-17-16-13-7-5-6-8-19(13)14/h11-12,15H,5-10H2,1-4H3. The van der Waals surface area contributed by atoms with E-state index in [-0.39, 0.29) is 0 Å². The van der Waals surface area contributed by atoms with Gasteiger partial charge in [0, 0.05) is 25.6 Å². The fourth-order valence-corrected chi connectivity index (χ4v) is 2.63. The van der Waals surface area contributed by atoms with Crippen molar-refractivity contribution in [3.05, 3.63) is 11.6 Å². The van der Waals surface area contributed by atoms with Gasteiger partial charge in [0.1, 0.15) is 11.6 Å². The van der Waals surface area contributed by atoms with E-state index in [1.54, 1.807) is 0 Å². The second-order valence-corrected chi connectivity index (χ2v) is 6.13. The predicted octanol–water partition coefficient (Wildman–Crippen LogP) is 1.29. The summed E-state index contributed by atoms with van der Waals surface area (Å²) in [6.07, 6.45) is 3.59. The van der Waals surface area contributed by atoms with Gasteiger partial charge < -0.3 is 14.8 Å². The summed E-state index contributed by atoms with van der Waals surface area (Å²) in [7, 11) is 4.24. The van der Waals surface area contributed by atoms with Gasteiger partial charge in [0.05, 0.1) is 6.54 Å². The quantitative estimate of drug-likeness (QED) is 0.842. The average molecular weight is 265 g/mol. The molecule has 5 heteroatoms. The third kappa shape index (κ3) is 3.76. The topological polar surface area (TPSA) is 46.0 Å². The molecule has 0 bridgehead atoms. The third-order valence-electron chi connectivity index (χ3n) is 3.83. The number of fused-ring (bicyclic) bond motifs is 1. The smallest absolute Gasteiger partial charge is 0.147 e. The first-order chi connectivity index (χ1) is 9.08. The summed E-state index contributed by atoms with van der Waals surface area (Å²) in [5.41, 5.74) is 0. The number of hydrogen-bond donors (Lipinski definition) is 1. The highest BCUT2D eigenvalue weighted by atomic mass is 15.3. The van der Waals surface area contributed by atoms with E-state index in [1.807, 2.05) is 0 Å². The molecule has 1 aromatic heterocycles. The summed E-state index contributed by atoms with van der Waals surface area (Å²) in [5, 5.41) is 12.3. The summed E-state index contributed by atoms with van der Waals surface area (Å²) in [6, 6.07) is 0.492. The molecular weight excluding hydrogens is 238 g/mol. The molecule has 108 valence electrons. The Balaban J connectivity index is 1.95. The minimum Gasteiger partial charge on any atom is -0.314 e. The van der Waals surface area contributed by atoms with Crippen LogP contribution in [0.2, 0.25) is 0 Å². The molecule has 0 saturated heterocycles. The van der Waals surface area contributed by atoms with Crippen molar-refractivity contribution in [2.75, 3.05) is 20.6 Å². The Morgan fingerprint density at radius 3 is 2.74 bits per heavy atom. The number of hydrogen-bond acceptors (Lipinski definition) is 4. The first-order valence-electron chi connectivity index (χ1n) is 7.37. The first kappa shape index (κ1) is 14.5. The molecule has 5 nitrogen and oxygen atoms in total. The lowest BCUT2D eigenvalue weighted by Crippen LogP contribution is -2.42. The van der Waals surface area contributed by atoms with E-state index in [4.69, 9.17) is 0 Å². The molecule has 0 fully saturated rings. The van der Waals surface area contributed by atoms with E-state index in [2.05, 4.69) is 52.9 Å².